The maximum atomic E-state index is 4.02. The van der Waals surface area contributed by atoms with Gasteiger partial charge in [-0.15, -0.1) is 0 Å². The first-order chi connectivity index (χ1) is 25.8. The fourth-order valence-electron chi connectivity index (χ4n) is 9.62. The van der Waals surface area contributed by atoms with Crippen molar-refractivity contribution in [2.45, 2.75) is 24.7 Å². The van der Waals surface area contributed by atoms with E-state index in [4.69, 9.17) is 0 Å². The molecule has 3 aliphatic heterocycles. The van der Waals surface area contributed by atoms with Gasteiger partial charge in [0.1, 0.15) is 6.17 Å². The first-order valence-electron chi connectivity index (χ1n) is 18.4. The number of nitrogens with one attached hydrogen (secondary N) is 2. The smallest absolute Gasteiger partial charge is 0.125 e. The van der Waals surface area contributed by atoms with Crippen molar-refractivity contribution < 1.29 is 0 Å². The third-order valence-corrected chi connectivity index (χ3v) is 11.9. The molecule has 0 fully saturated rings. The molecule has 0 saturated carbocycles. The van der Waals surface area contributed by atoms with Crippen LogP contribution in [0.3, 0.4) is 0 Å². The van der Waals surface area contributed by atoms with Crippen molar-refractivity contribution in [2.75, 3.05) is 15.5 Å². The minimum Gasteiger partial charge on any atom is -0.373 e. The summed E-state index contributed by atoms with van der Waals surface area (Å²) in [4.78, 5) is 2.69. The number of fused-ring (bicyclic) bond motifs is 12. The van der Waals surface area contributed by atoms with Gasteiger partial charge in [-0.2, -0.15) is 0 Å². The average Bonchev–Trinajstić information content (AvgIpc) is 3.84. The second kappa shape index (κ2) is 10.5. The first kappa shape index (κ1) is 28.2. The number of anilines is 3. The largest absolute Gasteiger partial charge is 0.373 e. The van der Waals surface area contributed by atoms with Crippen molar-refractivity contribution in [3.8, 4) is 16.8 Å². The Morgan fingerprint density at radius 1 is 0.558 bits per heavy atom. The van der Waals surface area contributed by atoms with Crippen molar-refractivity contribution in [3.05, 3.63) is 181 Å². The van der Waals surface area contributed by atoms with Crippen molar-refractivity contribution in [1.82, 2.24) is 4.57 Å². The fraction of sp³-hybridized carbons (Fsp3) is 0.0833. The molecule has 4 nitrogen and oxygen atoms in total. The maximum absolute atomic E-state index is 4.02. The second-order valence-corrected chi connectivity index (χ2v) is 14.6. The summed E-state index contributed by atoms with van der Waals surface area (Å²) in [6, 6.07) is 55.8. The van der Waals surface area contributed by atoms with Crippen LogP contribution >= 0.6 is 0 Å². The Hall–Kier alpha value is -6.52. The maximum Gasteiger partial charge on any atom is 0.125 e. The summed E-state index contributed by atoms with van der Waals surface area (Å²) in [5.74, 6) is 0. The lowest BCUT2D eigenvalue weighted by atomic mass is 9.85. The van der Waals surface area contributed by atoms with E-state index in [9.17, 15) is 0 Å². The molecule has 4 aliphatic rings. The predicted octanol–water partition coefficient (Wildman–Crippen LogP) is 11.6. The quantitative estimate of drug-likeness (QED) is 0.197. The zero-order valence-corrected chi connectivity index (χ0v) is 28.4. The number of allylic oxidation sites excluding steroid dienone is 2. The third kappa shape index (κ3) is 3.87. The highest BCUT2D eigenvalue weighted by atomic mass is 15.4. The molecule has 246 valence electrons. The summed E-state index contributed by atoms with van der Waals surface area (Å²) in [5, 5.41) is 13.2. The molecule has 0 saturated heterocycles. The van der Waals surface area contributed by atoms with E-state index in [1.165, 1.54) is 82.9 Å². The highest BCUT2D eigenvalue weighted by Gasteiger charge is 2.51. The molecule has 0 amide bonds. The lowest BCUT2D eigenvalue weighted by Crippen LogP contribution is -2.48. The van der Waals surface area contributed by atoms with Gasteiger partial charge in [0.05, 0.1) is 40.2 Å². The van der Waals surface area contributed by atoms with Crippen LogP contribution < -0.4 is 15.5 Å². The first-order valence-corrected chi connectivity index (χ1v) is 18.4. The lowest BCUT2D eigenvalue weighted by Gasteiger charge is -2.40. The SMILES string of the molecule is C1=C(c2ccc3c(c2)c2ccccc2n3-c2ccccc2)C=C2c3c4c(cc5ccccc35)C3Nc5cc(-c6ccccc6)ccc5NC3N4C2C1. The Morgan fingerprint density at radius 3 is 2.19 bits per heavy atom. The molecule has 4 heterocycles. The van der Waals surface area contributed by atoms with E-state index < -0.39 is 0 Å². The molecular weight excluding hydrogens is 633 g/mol. The number of benzene rings is 7. The molecular formula is C48H34N4. The van der Waals surface area contributed by atoms with Crippen LogP contribution in [0.15, 0.2) is 164 Å². The van der Waals surface area contributed by atoms with Crippen molar-refractivity contribution in [3.63, 3.8) is 0 Å². The van der Waals surface area contributed by atoms with Gasteiger partial charge in [0.25, 0.3) is 0 Å². The minimum atomic E-state index is 0.118. The van der Waals surface area contributed by atoms with Gasteiger partial charge in [0.15, 0.2) is 0 Å². The minimum absolute atomic E-state index is 0.118. The Bertz CT molecular complexity index is 2840. The molecule has 1 aliphatic carbocycles. The van der Waals surface area contributed by atoms with Gasteiger partial charge in [-0.05, 0) is 99.6 Å². The van der Waals surface area contributed by atoms with Gasteiger partial charge >= 0.3 is 0 Å². The van der Waals surface area contributed by atoms with Crippen LogP contribution in [0, 0.1) is 0 Å². The number of aromatic nitrogens is 1. The Labute approximate surface area is 302 Å². The molecule has 12 rings (SSSR count). The number of para-hydroxylation sites is 2. The summed E-state index contributed by atoms with van der Waals surface area (Å²) in [5.41, 5.74) is 16.6. The topological polar surface area (TPSA) is 32.2 Å². The van der Waals surface area contributed by atoms with Crippen LogP contribution in [-0.2, 0) is 0 Å². The van der Waals surface area contributed by atoms with E-state index >= 15 is 0 Å². The van der Waals surface area contributed by atoms with Gasteiger partial charge in [0.2, 0.25) is 0 Å². The molecule has 52 heavy (non-hydrogen) atoms. The molecule has 7 aromatic carbocycles. The monoisotopic (exact) mass is 666 g/mol. The summed E-state index contributed by atoms with van der Waals surface area (Å²) in [6.07, 6.45) is 6.05. The van der Waals surface area contributed by atoms with Gasteiger partial charge in [-0.3, -0.25) is 0 Å². The van der Waals surface area contributed by atoms with E-state index in [1.807, 2.05) is 0 Å². The normalized spacial score (nSPS) is 19.4. The summed E-state index contributed by atoms with van der Waals surface area (Å²) < 4.78 is 2.39. The second-order valence-electron chi connectivity index (χ2n) is 14.6. The van der Waals surface area contributed by atoms with Gasteiger partial charge < -0.3 is 20.1 Å². The molecule has 8 aromatic rings. The fourth-order valence-corrected chi connectivity index (χ4v) is 9.62. The molecule has 2 N–H and O–H groups in total. The summed E-state index contributed by atoms with van der Waals surface area (Å²) in [6.45, 7) is 0. The van der Waals surface area contributed by atoms with E-state index in [1.54, 1.807) is 0 Å². The highest BCUT2D eigenvalue weighted by molar-refractivity contribution is 6.12. The van der Waals surface area contributed by atoms with Crippen LogP contribution in [0.5, 0.6) is 0 Å². The highest BCUT2D eigenvalue weighted by Crippen LogP contribution is 2.59. The Kier molecular flexibility index (Phi) is 5.70. The standard InChI is InChI=1S/C48H34N4/c1-3-11-29(12-4-1)32-19-22-40-41(28-32)49-46-39-27-33-13-7-8-16-35(33)45-38-26-31(21-24-44(38)52(47(39)45)48(46)50-40)30-20-23-43-37(25-30)36-17-9-10-18-42(36)51(43)34-14-5-2-6-15-34/h1-23,25-28,44,46,48-50H,24H2. The van der Waals surface area contributed by atoms with E-state index in [-0.39, 0.29) is 18.2 Å². The lowest BCUT2D eigenvalue weighted by molar-refractivity contribution is 0.577. The Balaban J connectivity index is 0.984. The van der Waals surface area contributed by atoms with E-state index in [2.05, 4.69) is 184 Å². The molecule has 3 unspecified atom stereocenters. The molecule has 4 heteroatoms. The molecule has 0 radical (unpaired) electrons. The Morgan fingerprint density at radius 2 is 1.31 bits per heavy atom. The van der Waals surface area contributed by atoms with Gasteiger partial charge in [0, 0.05) is 27.6 Å². The van der Waals surface area contributed by atoms with Crippen molar-refractivity contribution >= 4 is 60.8 Å². The summed E-state index contributed by atoms with van der Waals surface area (Å²) >= 11 is 0. The number of hydrogen-bond donors (Lipinski definition) is 2. The van der Waals surface area contributed by atoms with Crippen LogP contribution in [-0.4, -0.2) is 16.8 Å². The number of rotatable bonds is 3. The van der Waals surface area contributed by atoms with Crippen molar-refractivity contribution in [1.29, 1.82) is 0 Å². The molecule has 3 atom stereocenters. The zero-order valence-electron chi connectivity index (χ0n) is 28.4. The number of hydrogen-bond acceptors (Lipinski definition) is 3. The van der Waals surface area contributed by atoms with Crippen molar-refractivity contribution in [2.24, 2.45) is 0 Å². The zero-order chi connectivity index (χ0) is 33.9. The van der Waals surface area contributed by atoms with Crippen LogP contribution in [0.2, 0.25) is 0 Å². The third-order valence-electron chi connectivity index (χ3n) is 11.9. The predicted molar refractivity (Wildman–Crippen MR) is 217 cm³/mol. The molecule has 0 spiro atoms. The average molecular weight is 667 g/mol. The van der Waals surface area contributed by atoms with Gasteiger partial charge in [-0.1, -0.05) is 109 Å². The van der Waals surface area contributed by atoms with E-state index in [0.717, 1.165) is 17.8 Å². The summed E-state index contributed by atoms with van der Waals surface area (Å²) in [7, 11) is 0. The van der Waals surface area contributed by atoms with Crippen LogP contribution in [0.25, 0.3) is 60.5 Å². The molecule has 1 aromatic heterocycles. The van der Waals surface area contributed by atoms with Crippen LogP contribution in [0.4, 0.5) is 17.1 Å². The van der Waals surface area contributed by atoms with Gasteiger partial charge in [-0.25, -0.2) is 0 Å². The van der Waals surface area contributed by atoms with Crippen LogP contribution in [0.1, 0.15) is 29.2 Å². The molecule has 0 bridgehead atoms. The number of nitrogens with zero attached hydrogens (tertiary/aromatic N) is 2. The van der Waals surface area contributed by atoms with E-state index in [0.29, 0.717) is 0 Å².